The van der Waals surface area contributed by atoms with Gasteiger partial charge in [-0.3, -0.25) is 4.79 Å². The number of rotatable bonds is 5. The summed E-state index contributed by atoms with van der Waals surface area (Å²) < 4.78 is 5.49. The van der Waals surface area contributed by atoms with Gasteiger partial charge < -0.3 is 9.84 Å². The molecule has 1 aromatic carbocycles. The lowest BCUT2D eigenvalue weighted by atomic mass is 10.0. The number of carbonyl (C=O) groups excluding carboxylic acids is 1. The summed E-state index contributed by atoms with van der Waals surface area (Å²) in [6.45, 7) is 6.09. The number of hydrogen-bond donors (Lipinski definition) is 1. The van der Waals surface area contributed by atoms with Gasteiger partial charge in [0.15, 0.2) is 0 Å². The van der Waals surface area contributed by atoms with E-state index in [4.69, 9.17) is 4.52 Å². The molecule has 0 atom stereocenters. The second-order valence-electron chi connectivity index (χ2n) is 6.45. The Hall–Kier alpha value is -2.95. The van der Waals surface area contributed by atoms with Gasteiger partial charge in [-0.05, 0) is 25.8 Å². The van der Waals surface area contributed by atoms with Crippen molar-refractivity contribution >= 4 is 17.0 Å². The monoisotopic (exact) mass is 333 g/mol. The predicted octanol–water partition coefficient (Wildman–Crippen LogP) is 3.99. The molecule has 0 bridgehead atoms. The Kier molecular flexibility index (Phi) is 3.84. The molecule has 1 aliphatic carbocycles. The molecule has 0 saturated heterocycles. The minimum Gasteiger partial charge on any atom is -0.349 e. The van der Waals surface area contributed by atoms with Crippen LogP contribution >= 0.6 is 0 Å². The molecule has 0 spiro atoms. The van der Waals surface area contributed by atoms with E-state index in [1.54, 1.807) is 6.08 Å². The number of nitrogens with one attached hydrogen (secondary N) is 1. The number of aromatic nitrogens is 2. The number of pyridine rings is 1. The highest BCUT2D eigenvalue weighted by Gasteiger charge is 2.29. The molecular formula is C20H19N3O2. The lowest BCUT2D eigenvalue weighted by Gasteiger charge is -2.07. The van der Waals surface area contributed by atoms with Gasteiger partial charge in [-0.15, -0.1) is 6.58 Å². The number of amides is 1. The fraction of sp³-hybridized carbons (Fsp3) is 0.250. The largest absolute Gasteiger partial charge is 0.349 e. The minimum atomic E-state index is -0.161. The molecule has 1 N–H and O–H groups in total. The van der Waals surface area contributed by atoms with Crippen molar-refractivity contribution in [1.82, 2.24) is 15.5 Å². The molecule has 0 unspecified atom stereocenters. The molecule has 0 radical (unpaired) electrons. The Bertz CT molecular complexity index is 953. The van der Waals surface area contributed by atoms with Crippen LogP contribution < -0.4 is 5.32 Å². The average Bonchev–Trinajstić information content (AvgIpc) is 3.39. The van der Waals surface area contributed by atoms with Crippen molar-refractivity contribution in [3.8, 4) is 11.3 Å². The van der Waals surface area contributed by atoms with Gasteiger partial charge in [-0.2, -0.15) is 0 Å². The summed E-state index contributed by atoms with van der Waals surface area (Å²) in [6.07, 6.45) is 3.86. The minimum absolute atomic E-state index is 0.161. The molecule has 1 amide bonds. The SMILES string of the molecule is C=CCNC(=O)c1cc(C2CC2)nc2onc(-c3ccc(C)cc3)c12. The Morgan fingerprint density at radius 2 is 2.12 bits per heavy atom. The van der Waals surface area contributed by atoms with Crippen molar-refractivity contribution in [3.05, 3.63) is 59.8 Å². The van der Waals surface area contributed by atoms with E-state index in [-0.39, 0.29) is 5.91 Å². The predicted molar refractivity (Wildman–Crippen MR) is 96.5 cm³/mol. The van der Waals surface area contributed by atoms with E-state index in [1.807, 2.05) is 37.3 Å². The van der Waals surface area contributed by atoms with Crippen LogP contribution in [0.3, 0.4) is 0 Å². The van der Waals surface area contributed by atoms with Crippen LogP contribution in [-0.4, -0.2) is 22.6 Å². The third kappa shape index (κ3) is 2.93. The Morgan fingerprint density at radius 3 is 2.80 bits per heavy atom. The maximum atomic E-state index is 12.7. The summed E-state index contributed by atoms with van der Waals surface area (Å²) >= 11 is 0. The molecule has 0 aliphatic heterocycles. The van der Waals surface area contributed by atoms with E-state index in [9.17, 15) is 4.79 Å². The first-order valence-electron chi connectivity index (χ1n) is 8.44. The van der Waals surface area contributed by atoms with Crippen LogP contribution in [0.2, 0.25) is 0 Å². The van der Waals surface area contributed by atoms with Gasteiger partial charge in [-0.25, -0.2) is 4.98 Å². The zero-order valence-corrected chi connectivity index (χ0v) is 14.1. The van der Waals surface area contributed by atoms with Crippen LogP contribution in [0.5, 0.6) is 0 Å². The first-order valence-corrected chi connectivity index (χ1v) is 8.44. The highest BCUT2D eigenvalue weighted by atomic mass is 16.5. The highest BCUT2D eigenvalue weighted by Crippen LogP contribution is 2.41. The van der Waals surface area contributed by atoms with Gasteiger partial charge in [0.05, 0.1) is 10.9 Å². The molecular weight excluding hydrogens is 314 g/mol. The molecule has 126 valence electrons. The van der Waals surface area contributed by atoms with E-state index in [0.29, 0.717) is 34.8 Å². The van der Waals surface area contributed by atoms with E-state index < -0.39 is 0 Å². The first kappa shape index (κ1) is 15.6. The topological polar surface area (TPSA) is 68.0 Å². The van der Waals surface area contributed by atoms with Crippen LogP contribution in [0.15, 0.2) is 47.5 Å². The van der Waals surface area contributed by atoms with Crippen LogP contribution in [0.1, 0.15) is 40.4 Å². The second kappa shape index (κ2) is 6.16. The van der Waals surface area contributed by atoms with E-state index in [0.717, 1.165) is 29.7 Å². The van der Waals surface area contributed by atoms with Crippen molar-refractivity contribution in [3.63, 3.8) is 0 Å². The molecule has 2 aromatic heterocycles. The lowest BCUT2D eigenvalue weighted by molar-refractivity contribution is 0.0959. The molecule has 25 heavy (non-hydrogen) atoms. The van der Waals surface area contributed by atoms with Gasteiger partial charge in [0.2, 0.25) is 0 Å². The Balaban J connectivity index is 1.88. The summed E-state index contributed by atoms with van der Waals surface area (Å²) in [7, 11) is 0. The standard InChI is InChI=1S/C20H19N3O2/c1-3-10-21-19(24)15-11-16(13-8-9-13)22-20-17(15)18(23-25-20)14-6-4-12(2)5-7-14/h3-7,11,13H,1,8-10H2,2H3,(H,21,24). The van der Waals surface area contributed by atoms with E-state index >= 15 is 0 Å². The second-order valence-corrected chi connectivity index (χ2v) is 6.45. The normalized spacial score (nSPS) is 13.8. The number of nitrogens with zero attached hydrogens (tertiary/aromatic N) is 2. The molecule has 4 rings (SSSR count). The number of hydrogen-bond acceptors (Lipinski definition) is 4. The molecule has 1 saturated carbocycles. The quantitative estimate of drug-likeness (QED) is 0.717. The van der Waals surface area contributed by atoms with Gasteiger partial charge in [-0.1, -0.05) is 41.1 Å². The zero-order chi connectivity index (χ0) is 17.4. The molecule has 5 nitrogen and oxygen atoms in total. The molecule has 1 aliphatic rings. The van der Waals surface area contributed by atoms with Crippen LogP contribution in [-0.2, 0) is 0 Å². The van der Waals surface area contributed by atoms with Crippen molar-refractivity contribution in [1.29, 1.82) is 0 Å². The maximum absolute atomic E-state index is 12.7. The zero-order valence-electron chi connectivity index (χ0n) is 14.1. The number of carbonyl (C=O) groups is 1. The summed E-state index contributed by atoms with van der Waals surface area (Å²) in [5, 5.41) is 7.71. The van der Waals surface area contributed by atoms with Gasteiger partial charge in [0.1, 0.15) is 5.69 Å². The van der Waals surface area contributed by atoms with Crippen LogP contribution in [0.4, 0.5) is 0 Å². The summed E-state index contributed by atoms with van der Waals surface area (Å²) in [5.74, 6) is 0.258. The smallest absolute Gasteiger partial charge is 0.259 e. The number of fused-ring (bicyclic) bond motifs is 1. The van der Waals surface area contributed by atoms with Crippen molar-refractivity contribution in [2.75, 3.05) is 6.54 Å². The summed E-state index contributed by atoms with van der Waals surface area (Å²) in [5.41, 5.74) is 4.60. The van der Waals surface area contributed by atoms with Gasteiger partial charge in [0, 0.05) is 23.7 Å². The van der Waals surface area contributed by atoms with Crippen molar-refractivity contribution in [2.24, 2.45) is 0 Å². The fourth-order valence-electron chi connectivity index (χ4n) is 2.91. The van der Waals surface area contributed by atoms with E-state index in [1.165, 1.54) is 0 Å². The third-order valence-corrected chi connectivity index (χ3v) is 4.44. The molecule has 2 heterocycles. The van der Waals surface area contributed by atoms with Gasteiger partial charge >= 0.3 is 0 Å². The van der Waals surface area contributed by atoms with Crippen LogP contribution in [0.25, 0.3) is 22.4 Å². The fourth-order valence-corrected chi connectivity index (χ4v) is 2.91. The summed E-state index contributed by atoms with van der Waals surface area (Å²) in [6, 6.07) is 9.87. The lowest BCUT2D eigenvalue weighted by Crippen LogP contribution is -2.23. The highest BCUT2D eigenvalue weighted by molar-refractivity contribution is 6.09. The summed E-state index contributed by atoms with van der Waals surface area (Å²) in [4.78, 5) is 17.3. The van der Waals surface area contributed by atoms with E-state index in [2.05, 4.69) is 22.0 Å². The molecule has 1 fully saturated rings. The Morgan fingerprint density at radius 1 is 1.36 bits per heavy atom. The van der Waals surface area contributed by atoms with Gasteiger partial charge in [0.25, 0.3) is 11.6 Å². The molecule has 3 aromatic rings. The van der Waals surface area contributed by atoms with Crippen LogP contribution in [0, 0.1) is 6.92 Å². The van der Waals surface area contributed by atoms with Crippen molar-refractivity contribution in [2.45, 2.75) is 25.7 Å². The maximum Gasteiger partial charge on any atom is 0.259 e. The number of aryl methyl sites for hydroxylation is 1. The molecule has 5 heteroatoms. The average molecular weight is 333 g/mol. The first-order chi connectivity index (χ1) is 12.2. The van der Waals surface area contributed by atoms with Crippen molar-refractivity contribution < 1.29 is 9.32 Å². The Labute approximate surface area is 145 Å². The number of benzene rings is 1. The third-order valence-electron chi connectivity index (χ3n) is 4.44.